The highest BCUT2D eigenvalue weighted by Gasteiger charge is 2.23. The zero-order chi connectivity index (χ0) is 15.8. The normalized spacial score (nSPS) is 18.9. The number of primary amides is 1. The summed E-state index contributed by atoms with van der Waals surface area (Å²) in [5, 5.41) is 12.2. The molecule has 7 nitrogen and oxygen atoms in total. The molecule has 2 unspecified atom stereocenters. The van der Waals surface area contributed by atoms with Crippen LogP contribution in [-0.4, -0.2) is 47.0 Å². The van der Waals surface area contributed by atoms with Crippen LogP contribution in [-0.2, 0) is 14.4 Å². The van der Waals surface area contributed by atoms with Crippen LogP contribution in [0.5, 0.6) is 0 Å². The van der Waals surface area contributed by atoms with Crippen molar-refractivity contribution in [3.8, 4) is 0 Å². The number of rotatable bonds is 9. The quantitative estimate of drug-likeness (QED) is 0.498. The summed E-state index contributed by atoms with van der Waals surface area (Å²) in [5.41, 5.74) is 5.15. The van der Waals surface area contributed by atoms with Crippen LogP contribution in [0.4, 0.5) is 0 Å². The van der Waals surface area contributed by atoms with Gasteiger partial charge in [-0.3, -0.25) is 14.4 Å². The zero-order valence-electron chi connectivity index (χ0n) is 12.2. The number of amides is 3. The predicted octanol–water partition coefficient (Wildman–Crippen LogP) is -0.499. The van der Waals surface area contributed by atoms with Gasteiger partial charge in [0.2, 0.25) is 17.7 Å². The zero-order valence-corrected chi connectivity index (χ0v) is 12.2. The minimum Gasteiger partial charge on any atom is -0.370 e. The summed E-state index contributed by atoms with van der Waals surface area (Å²) < 4.78 is 0. The molecule has 118 valence electrons. The van der Waals surface area contributed by atoms with Crippen LogP contribution in [0.3, 0.4) is 0 Å². The van der Waals surface area contributed by atoms with E-state index in [1.165, 1.54) is 17.1 Å². The van der Waals surface area contributed by atoms with E-state index in [4.69, 9.17) is 5.73 Å². The van der Waals surface area contributed by atoms with E-state index in [-0.39, 0.29) is 36.6 Å². The van der Waals surface area contributed by atoms with E-state index >= 15 is 0 Å². The first-order valence-electron chi connectivity index (χ1n) is 7.14. The van der Waals surface area contributed by atoms with E-state index in [2.05, 4.69) is 5.32 Å². The van der Waals surface area contributed by atoms with Crippen molar-refractivity contribution < 1.29 is 19.5 Å². The summed E-state index contributed by atoms with van der Waals surface area (Å²) in [6.45, 7) is 2.50. The smallest absolute Gasteiger partial charge is 0.248 e. The minimum atomic E-state index is -0.930. The lowest BCUT2D eigenvalue weighted by molar-refractivity contribution is -0.132. The number of nitrogens with one attached hydrogen (secondary N) is 1. The predicted molar refractivity (Wildman–Crippen MR) is 76.7 cm³/mol. The summed E-state index contributed by atoms with van der Waals surface area (Å²) in [6.07, 6.45) is 4.21. The van der Waals surface area contributed by atoms with Crippen LogP contribution in [0, 0.1) is 5.92 Å². The van der Waals surface area contributed by atoms with Gasteiger partial charge in [-0.25, -0.2) is 0 Å². The van der Waals surface area contributed by atoms with Gasteiger partial charge in [0, 0.05) is 31.5 Å². The number of hydrogen-bond acceptors (Lipinski definition) is 4. The number of unbranched alkanes of at least 4 members (excludes halogenated alkanes) is 1. The van der Waals surface area contributed by atoms with Gasteiger partial charge >= 0.3 is 0 Å². The SMILES string of the molecule is CC(CCCCNC(=O)CCN1C(=O)C=CC1O)C(N)=O. The Kier molecular flexibility index (Phi) is 6.87. The Morgan fingerprint density at radius 1 is 1.48 bits per heavy atom. The largest absolute Gasteiger partial charge is 0.370 e. The van der Waals surface area contributed by atoms with Crippen LogP contribution >= 0.6 is 0 Å². The Morgan fingerprint density at radius 3 is 2.76 bits per heavy atom. The van der Waals surface area contributed by atoms with Crippen LogP contribution in [0.15, 0.2) is 12.2 Å². The molecular formula is C14H23N3O4. The van der Waals surface area contributed by atoms with Crippen molar-refractivity contribution in [1.82, 2.24) is 10.2 Å². The number of hydrogen-bond donors (Lipinski definition) is 3. The number of aliphatic hydroxyl groups excluding tert-OH is 1. The van der Waals surface area contributed by atoms with Gasteiger partial charge in [0.05, 0.1) is 0 Å². The highest BCUT2D eigenvalue weighted by Crippen LogP contribution is 2.09. The van der Waals surface area contributed by atoms with Crippen molar-refractivity contribution in [2.24, 2.45) is 11.7 Å². The van der Waals surface area contributed by atoms with E-state index in [1.54, 1.807) is 6.92 Å². The Hall–Kier alpha value is -1.89. The standard InChI is InChI=1S/C14H23N3O4/c1-10(14(15)21)4-2-3-8-16-11(18)7-9-17-12(19)5-6-13(17)20/h5-6,10,12,19H,2-4,7-9H2,1H3,(H2,15,21)(H,16,18). The van der Waals surface area contributed by atoms with Crippen molar-refractivity contribution in [2.45, 2.75) is 38.8 Å². The number of carbonyl (C=O) groups is 3. The molecule has 1 rings (SSSR count). The molecule has 0 aromatic heterocycles. The summed E-state index contributed by atoms with van der Waals surface area (Å²) >= 11 is 0. The van der Waals surface area contributed by atoms with E-state index in [0.29, 0.717) is 13.0 Å². The third kappa shape index (κ3) is 5.95. The van der Waals surface area contributed by atoms with E-state index in [1.807, 2.05) is 0 Å². The van der Waals surface area contributed by atoms with Gasteiger partial charge in [0.25, 0.3) is 0 Å². The number of carbonyl (C=O) groups excluding carboxylic acids is 3. The molecule has 0 saturated heterocycles. The maximum atomic E-state index is 11.6. The van der Waals surface area contributed by atoms with Crippen molar-refractivity contribution in [3.63, 3.8) is 0 Å². The van der Waals surface area contributed by atoms with Gasteiger partial charge in [0.15, 0.2) is 0 Å². The molecule has 0 fully saturated rings. The summed E-state index contributed by atoms with van der Waals surface area (Å²) in [5.74, 6) is -0.891. The molecule has 1 heterocycles. The molecule has 4 N–H and O–H groups in total. The lowest BCUT2D eigenvalue weighted by atomic mass is 10.0. The highest BCUT2D eigenvalue weighted by atomic mass is 16.3. The van der Waals surface area contributed by atoms with Crippen molar-refractivity contribution in [3.05, 3.63) is 12.2 Å². The van der Waals surface area contributed by atoms with Gasteiger partial charge in [-0.05, 0) is 18.9 Å². The Morgan fingerprint density at radius 2 is 2.19 bits per heavy atom. The Balaban J connectivity index is 2.07. The second kappa shape index (κ2) is 8.41. The third-order valence-electron chi connectivity index (χ3n) is 3.46. The molecule has 0 aromatic carbocycles. The Labute approximate surface area is 124 Å². The van der Waals surface area contributed by atoms with Crippen LogP contribution < -0.4 is 11.1 Å². The molecule has 0 radical (unpaired) electrons. The monoisotopic (exact) mass is 297 g/mol. The third-order valence-corrected chi connectivity index (χ3v) is 3.46. The van der Waals surface area contributed by atoms with Gasteiger partial charge in [0.1, 0.15) is 6.23 Å². The van der Waals surface area contributed by atoms with E-state index in [9.17, 15) is 19.5 Å². The van der Waals surface area contributed by atoms with Gasteiger partial charge in [-0.15, -0.1) is 0 Å². The van der Waals surface area contributed by atoms with Crippen LogP contribution in [0.2, 0.25) is 0 Å². The maximum absolute atomic E-state index is 11.6. The first-order valence-corrected chi connectivity index (χ1v) is 7.14. The molecular weight excluding hydrogens is 274 g/mol. The van der Waals surface area contributed by atoms with Crippen LogP contribution in [0.25, 0.3) is 0 Å². The first-order chi connectivity index (χ1) is 9.91. The number of nitrogens with zero attached hydrogens (tertiary/aromatic N) is 1. The molecule has 0 spiro atoms. The van der Waals surface area contributed by atoms with E-state index < -0.39 is 6.23 Å². The fraction of sp³-hybridized carbons (Fsp3) is 0.643. The van der Waals surface area contributed by atoms with E-state index in [0.717, 1.165) is 12.8 Å². The van der Waals surface area contributed by atoms with Crippen LogP contribution in [0.1, 0.15) is 32.6 Å². The highest BCUT2D eigenvalue weighted by molar-refractivity contribution is 5.90. The van der Waals surface area contributed by atoms with Gasteiger partial charge in [-0.1, -0.05) is 13.3 Å². The van der Waals surface area contributed by atoms with Crippen molar-refractivity contribution in [2.75, 3.05) is 13.1 Å². The molecule has 0 aromatic rings. The first kappa shape index (κ1) is 17.2. The number of aliphatic hydroxyl groups is 1. The average Bonchev–Trinajstić information content (AvgIpc) is 2.75. The number of nitrogens with two attached hydrogens (primary N) is 1. The minimum absolute atomic E-state index is 0.143. The molecule has 0 aliphatic carbocycles. The molecule has 1 aliphatic rings. The van der Waals surface area contributed by atoms with Crippen molar-refractivity contribution >= 4 is 17.7 Å². The molecule has 0 bridgehead atoms. The molecule has 2 atom stereocenters. The lowest BCUT2D eigenvalue weighted by Gasteiger charge is -2.19. The second-order valence-electron chi connectivity index (χ2n) is 5.20. The summed E-state index contributed by atoms with van der Waals surface area (Å²) in [7, 11) is 0. The topological polar surface area (TPSA) is 113 Å². The Bertz CT molecular complexity index is 422. The molecule has 21 heavy (non-hydrogen) atoms. The molecule has 1 aliphatic heterocycles. The second-order valence-corrected chi connectivity index (χ2v) is 5.20. The lowest BCUT2D eigenvalue weighted by Crippen LogP contribution is -2.37. The molecule has 7 heteroatoms. The summed E-state index contributed by atoms with van der Waals surface area (Å²) in [6, 6.07) is 0. The maximum Gasteiger partial charge on any atom is 0.248 e. The fourth-order valence-electron chi connectivity index (χ4n) is 2.00. The van der Waals surface area contributed by atoms with Crippen molar-refractivity contribution in [1.29, 1.82) is 0 Å². The molecule has 3 amide bonds. The average molecular weight is 297 g/mol. The van der Waals surface area contributed by atoms with Gasteiger partial charge in [-0.2, -0.15) is 0 Å². The molecule has 0 saturated carbocycles. The fourth-order valence-corrected chi connectivity index (χ4v) is 2.00. The van der Waals surface area contributed by atoms with Gasteiger partial charge < -0.3 is 21.1 Å². The summed E-state index contributed by atoms with van der Waals surface area (Å²) in [4.78, 5) is 35.0.